The maximum Gasteiger partial charge on any atom is 0.266 e. The van der Waals surface area contributed by atoms with Gasteiger partial charge < -0.3 is 0 Å². The van der Waals surface area contributed by atoms with Crippen LogP contribution >= 0.6 is 11.3 Å². The van der Waals surface area contributed by atoms with E-state index < -0.39 is 10.0 Å². The van der Waals surface area contributed by atoms with Crippen LogP contribution in [0.3, 0.4) is 0 Å². The SMILES string of the molecule is CS(=O)(=O)N1CCC[C@H](Cn2nc(-c3cccs3)ccc2=O)C1. The molecule has 8 heteroatoms. The monoisotopic (exact) mass is 353 g/mol. The smallest absolute Gasteiger partial charge is 0.266 e. The largest absolute Gasteiger partial charge is 0.268 e. The molecule has 1 aliphatic heterocycles. The predicted octanol–water partition coefficient (Wildman–Crippen LogP) is 1.64. The standard InChI is InChI=1S/C15H19N3O3S2/c1-23(20,21)17-8-2-4-12(10-17)11-18-15(19)7-6-13(16-18)14-5-3-9-22-14/h3,5-7,9,12H,2,4,8,10-11H2,1H3/t12-/m0/s1. The van der Waals surface area contributed by atoms with Crippen LogP contribution in [-0.4, -0.2) is 41.8 Å². The third-order valence-electron chi connectivity index (χ3n) is 4.02. The van der Waals surface area contributed by atoms with Crippen molar-refractivity contribution in [3.8, 4) is 10.6 Å². The molecule has 1 fully saturated rings. The van der Waals surface area contributed by atoms with E-state index in [0.29, 0.717) is 19.6 Å². The summed E-state index contributed by atoms with van der Waals surface area (Å²) in [5.74, 6) is 0.113. The Morgan fingerprint density at radius 2 is 2.17 bits per heavy atom. The second-order valence-corrected chi connectivity index (χ2v) is 8.78. The Bertz CT molecular complexity index is 828. The lowest BCUT2D eigenvalue weighted by Gasteiger charge is -2.30. The van der Waals surface area contributed by atoms with Gasteiger partial charge in [0, 0.05) is 25.7 Å². The van der Waals surface area contributed by atoms with Gasteiger partial charge in [0.1, 0.15) is 5.69 Å². The molecule has 0 N–H and O–H groups in total. The van der Waals surface area contributed by atoms with Crippen LogP contribution in [0.4, 0.5) is 0 Å². The van der Waals surface area contributed by atoms with Gasteiger partial charge in [0.25, 0.3) is 5.56 Å². The van der Waals surface area contributed by atoms with Gasteiger partial charge in [-0.05, 0) is 36.3 Å². The zero-order chi connectivity index (χ0) is 16.4. The van der Waals surface area contributed by atoms with Crippen LogP contribution in [0.1, 0.15) is 12.8 Å². The van der Waals surface area contributed by atoms with Crippen molar-refractivity contribution in [1.29, 1.82) is 0 Å². The minimum absolute atomic E-state index is 0.113. The van der Waals surface area contributed by atoms with Crippen LogP contribution in [-0.2, 0) is 16.6 Å². The molecular weight excluding hydrogens is 334 g/mol. The van der Waals surface area contributed by atoms with E-state index in [1.54, 1.807) is 17.4 Å². The first kappa shape index (κ1) is 16.4. The lowest BCUT2D eigenvalue weighted by molar-refractivity contribution is 0.238. The third-order valence-corrected chi connectivity index (χ3v) is 6.18. The van der Waals surface area contributed by atoms with Crippen molar-refractivity contribution >= 4 is 21.4 Å². The van der Waals surface area contributed by atoms with Crippen LogP contribution < -0.4 is 5.56 Å². The van der Waals surface area contributed by atoms with Gasteiger partial charge in [-0.15, -0.1) is 11.3 Å². The van der Waals surface area contributed by atoms with Gasteiger partial charge in [0.05, 0.1) is 11.1 Å². The fourth-order valence-electron chi connectivity index (χ4n) is 2.86. The maximum absolute atomic E-state index is 12.1. The van der Waals surface area contributed by atoms with Crippen LogP contribution in [0.25, 0.3) is 10.6 Å². The molecule has 1 saturated heterocycles. The number of hydrogen-bond acceptors (Lipinski definition) is 5. The lowest BCUT2D eigenvalue weighted by Crippen LogP contribution is -2.41. The number of thiophene rings is 1. The van der Waals surface area contributed by atoms with Crippen LogP contribution in [0, 0.1) is 5.92 Å². The summed E-state index contributed by atoms with van der Waals surface area (Å²) in [7, 11) is -3.18. The van der Waals surface area contributed by atoms with Gasteiger partial charge >= 0.3 is 0 Å². The van der Waals surface area contributed by atoms with E-state index in [9.17, 15) is 13.2 Å². The van der Waals surface area contributed by atoms with Crippen LogP contribution in [0.15, 0.2) is 34.4 Å². The second-order valence-electron chi connectivity index (χ2n) is 5.85. The summed E-state index contributed by atoms with van der Waals surface area (Å²) in [6, 6.07) is 7.17. The molecule has 0 unspecified atom stereocenters. The first-order valence-electron chi connectivity index (χ1n) is 7.50. The highest BCUT2D eigenvalue weighted by Crippen LogP contribution is 2.22. The average molecular weight is 353 g/mol. The number of rotatable bonds is 4. The molecule has 0 aromatic carbocycles. The summed E-state index contributed by atoms with van der Waals surface area (Å²) in [5.41, 5.74) is 0.622. The van der Waals surface area contributed by atoms with E-state index >= 15 is 0 Å². The first-order chi connectivity index (χ1) is 10.9. The van der Waals surface area contributed by atoms with Crippen molar-refractivity contribution in [3.05, 3.63) is 40.0 Å². The van der Waals surface area contributed by atoms with Crippen LogP contribution in [0.5, 0.6) is 0 Å². The fourth-order valence-corrected chi connectivity index (χ4v) is 4.49. The summed E-state index contributed by atoms with van der Waals surface area (Å²) < 4.78 is 26.4. The molecule has 0 saturated carbocycles. The molecular formula is C15H19N3O3S2. The van der Waals surface area contributed by atoms with Gasteiger partial charge in [0.2, 0.25) is 10.0 Å². The van der Waals surface area contributed by atoms with Gasteiger partial charge in [0.15, 0.2) is 0 Å². The zero-order valence-corrected chi connectivity index (χ0v) is 14.5. The van der Waals surface area contributed by atoms with Gasteiger partial charge in [-0.3, -0.25) is 4.79 Å². The Hall–Kier alpha value is -1.51. The number of nitrogens with zero attached hydrogens (tertiary/aromatic N) is 3. The lowest BCUT2D eigenvalue weighted by atomic mass is 10.00. The van der Waals surface area contributed by atoms with E-state index in [-0.39, 0.29) is 11.5 Å². The van der Waals surface area contributed by atoms with Crippen molar-refractivity contribution in [2.24, 2.45) is 5.92 Å². The minimum atomic E-state index is -3.18. The minimum Gasteiger partial charge on any atom is -0.268 e. The van der Waals surface area contributed by atoms with E-state index in [1.165, 1.54) is 21.3 Å². The quantitative estimate of drug-likeness (QED) is 0.838. The molecule has 0 spiro atoms. The zero-order valence-electron chi connectivity index (χ0n) is 12.9. The molecule has 23 heavy (non-hydrogen) atoms. The van der Waals surface area contributed by atoms with Crippen LogP contribution in [0.2, 0.25) is 0 Å². The predicted molar refractivity (Wildman–Crippen MR) is 91.0 cm³/mol. The van der Waals surface area contributed by atoms with Crippen molar-refractivity contribution in [2.45, 2.75) is 19.4 Å². The average Bonchev–Trinajstić information content (AvgIpc) is 3.03. The molecule has 0 radical (unpaired) electrons. The number of sulfonamides is 1. The highest BCUT2D eigenvalue weighted by atomic mass is 32.2. The Labute approximate surface area is 139 Å². The summed E-state index contributed by atoms with van der Waals surface area (Å²) >= 11 is 1.57. The summed E-state index contributed by atoms with van der Waals surface area (Å²) in [6.45, 7) is 1.47. The number of piperidine rings is 1. The van der Waals surface area contributed by atoms with E-state index in [2.05, 4.69) is 5.10 Å². The van der Waals surface area contributed by atoms with Crippen molar-refractivity contribution < 1.29 is 8.42 Å². The van der Waals surface area contributed by atoms with Gasteiger partial charge in [-0.1, -0.05) is 6.07 Å². The van der Waals surface area contributed by atoms with Crippen molar-refractivity contribution in [2.75, 3.05) is 19.3 Å². The van der Waals surface area contributed by atoms with E-state index in [1.807, 2.05) is 17.5 Å². The second kappa shape index (κ2) is 6.54. The third kappa shape index (κ3) is 3.88. The molecule has 6 nitrogen and oxygen atoms in total. The maximum atomic E-state index is 12.1. The topological polar surface area (TPSA) is 72.3 Å². The fraction of sp³-hybridized carbons (Fsp3) is 0.467. The summed E-state index contributed by atoms with van der Waals surface area (Å²) in [4.78, 5) is 13.1. The molecule has 1 aliphatic rings. The number of hydrogen-bond donors (Lipinski definition) is 0. The Morgan fingerprint density at radius 3 is 2.87 bits per heavy atom. The summed E-state index contributed by atoms with van der Waals surface area (Å²) in [5, 5.41) is 6.41. The molecule has 0 amide bonds. The van der Waals surface area contributed by atoms with E-state index in [0.717, 1.165) is 23.4 Å². The molecule has 1 atom stereocenters. The van der Waals surface area contributed by atoms with Gasteiger partial charge in [-0.25, -0.2) is 17.4 Å². The molecule has 0 aliphatic carbocycles. The first-order valence-corrected chi connectivity index (χ1v) is 10.2. The van der Waals surface area contributed by atoms with Crippen molar-refractivity contribution in [3.63, 3.8) is 0 Å². The van der Waals surface area contributed by atoms with Crippen molar-refractivity contribution in [1.82, 2.24) is 14.1 Å². The molecule has 0 bridgehead atoms. The highest BCUT2D eigenvalue weighted by molar-refractivity contribution is 7.88. The molecule has 2 aromatic rings. The van der Waals surface area contributed by atoms with Gasteiger partial charge in [-0.2, -0.15) is 5.10 Å². The molecule has 124 valence electrons. The Balaban J connectivity index is 1.80. The normalized spacial score (nSPS) is 19.8. The Kier molecular flexibility index (Phi) is 4.65. The summed E-state index contributed by atoms with van der Waals surface area (Å²) in [6.07, 6.45) is 2.96. The molecule has 3 rings (SSSR count). The molecule has 3 heterocycles. The van der Waals surface area contributed by atoms with E-state index in [4.69, 9.17) is 0 Å². The number of aromatic nitrogens is 2. The molecule has 2 aromatic heterocycles. The Morgan fingerprint density at radius 1 is 1.35 bits per heavy atom. The highest BCUT2D eigenvalue weighted by Gasteiger charge is 2.26.